The number of benzene rings is 2. The van der Waals surface area contributed by atoms with Gasteiger partial charge in [0.1, 0.15) is 12.1 Å². The minimum absolute atomic E-state index is 0.363. The van der Waals surface area contributed by atoms with Gasteiger partial charge in [-0.15, -0.1) is 0 Å². The first-order valence-corrected chi connectivity index (χ1v) is 10.6. The Labute approximate surface area is 187 Å². The molecule has 0 aliphatic carbocycles. The van der Waals surface area contributed by atoms with Crippen molar-refractivity contribution in [2.75, 3.05) is 20.3 Å². The van der Waals surface area contributed by atoms with Crippen molar-refractivity contribution >= 4 is 17.8 Å². The summed E-state index contributed by atoms with van der Waals surface area (Å²) in [5.74, 6) is 0.306. The van der Waals surface area contributed by atoms with Gasteiger partial charge in [0.15, 0.2) is 11.5 Å². The summed E-state index contributed by atoms with van der Waals surface area (Å²) in [5, 5.41) is 5.54. The molecule has 1 heterocycles. The van der Waals surface area contributed by atoms with E-state index in [1.54, 1.807) is 50.4 Å². The molecule has 1 saturated heterocycles. The molecular weight excluding hydrogens is 410 g/mol. The fourth-order valence-corrected chi connectivity index (χ4v) is 3.61. The molecule has 32 heavy (non-hydrogen) atoms. The molecule has 8 nitrogen and oxygen atoms in total. The molecule has 0 bridgehead atoms. The van der Waals surface area contributed by atoms with Gasteiger partial charge >= 0.3 is 6.03 Å². The second kappa shape index (κ2) is 9.72. The van der Waals surface area contributed by atoms with Gasteiger partial charge < -0.3 is 20.1 Å². The molecule has 4 amide bonds. The average molecular weight is 440 g/mol. The van der Waals surface area contributed by atoms with Crippen molar-refractivity contribution in [3.63, 3.8) is 0 Å². The zero-order valence-corrected chi connectivity index (χ0v) is 18.8. The first-order valence-electron chi connectivity index (χ1n) is 10.6. The van der Waals surface area contributed by atoms with Gasteiger partial charge in [0, 0.05) is 0 Å². The normalized spacial score (nSPS) is 18.8. The first-order chi connectivity index (χ1) is 15.3. The van der Waals surface area contributed by atoms with Gasteiger partial charge in [-0.2, -0.15) is 0 Å². The maximum atomic E-state index is 13.0. The maximum absolute atomic E-state index is 13.0. The van der Waals surface area contributed by atoms with Crippen molar-refractivity contribution in [1.29, 1.82) is 0 Å². The van der Waals surface area contributed by atoms with Crippen LogP contribution in [0.3, 0.4) is 0 Å². The fraction of sp³-hybridized carbons (Fsp3) is 0.375. The predicted molar refractivity (Wildman–Crippen MR) is 119 cm³/mol. The summed E-state index contributed by atoms with van der Waals surface area (Å²) in [6, 6.07) is 13.5. The van der Waals surface area contributed by atoms with Crippen molar-refractivity contribution in [3.05, 3.63) is 59.7 Å². The summed E-state index contributed by atoms with van der Waals surface area (Å²) >= 11 is 0. The second-order valence-corrected chi connectivity index (χ2v) is 7.86. The average Bonchev–Trinajstić information content (AvgIpc) is 3.01. The van der Waals surface area contributed by atoms with Gasteiger partial charge in [0.05, 0.1) is 19.8 Å². The van der Waals surface area contributed by atoms with E-state index in [0.29, 0.717) is 23.7 Å². The number of nitrogens with one attached hydrogen (secondary N) is 2. The minimum atomic E-state index is -1.20. The second-order valence-electron chi connectivity index (χ2n) is 7.86. The molecule has 1 aliphatic rings. The van der Waals surface area contributed by atoms with Gasteiger partial charge in [0.25, 0.3) is 5.91 Å². The Morgan fingerprint density at radius 2 is 1.88 bits per heavy atom. The monoisotopic (exact) mass is 439 g/mol. The first kappa shape index (κ1) is 23.1. The van der Waals surface area contributed by atoms with E-state index in [1.807, 2.05) is 26.0 Å². The highest BCUT2D eigenvalue weighted by atomic mass is 16.5. The van der Waals surface area contributed by atoms with Crippen molar-refractivity contribution < 1.29 is 23.9 Å². The highest BCUT2D eigenvalue weighted by Gasteiger charge is 2.49. The number of imide groups is 1. The molecule has 1 fully saturated rings. The summed E-state index contributed by atoms with van der Waals surface area (Å²) in [4.78, 5) is 39.0. The Hall–Kier alpha value is -3.55. The highest BCUT2D eigenvalue weighted by molar-refractivity contribution is 6.09. The van der Waals surface area contributed by atoms with Crippen LogP contribution in [0, 0.1) is 0 Å². The molecule has 0 aromatic heterocycles. The van der Waals surface area contributed by atoms with Crippen LogP contribution in [-0.4, -0.2) is 43.0 Å². The molecule has 0 spiro atoms. The number of hydrogen-bond donors (Lipinski definition) is 2. The molecule has 2 aromatic rings. The van der Waals surface area contributed by atoms with Crippen molar-refractivity contribution in [2.24, 2.45) is 0 Å². The van der Waals surface area contributed by atoms with Crippen LogP contribution in [-0.2, 0) is 15.1 Å². The van der Waals surface area contributed by atoms with Crippen LogP contribution in [0.5, 0.6) is 11.5 Å². The van der Waals surface area contributed by atoms with E-state index in [9.17, 15) is 14.4 Å². The molecule has 2 aromatic carbocycles. The van der Waals surface area contributed by atoms with E-state index in [-0.39, 0.29) is 12.6 Å². The summed E-state index contributed by atoms with van der Waals surface area (Å²) in [5.41, 5.74) is 0.267. The zero-order chi connectivity index (χ0) is 23.3. The number of amides is 4. The summed E-state index contributed by atoms with van der Waals surface area (Å²) in [6.45, 7) is 5.69. The Balaban J connectivity index is 1.66. The van der Waals surface area contributed by atoms with Crippen LogP contribution in [0.25, 0.3) is 0 Å². The van der Waals surface area contributed by atoms with Crippen molar-refractivity contribution in [3.8, 4) is 11.5 Å². The molecule has 2 N–H and O–H groups in total. The number of methoxy groups -OCH3 is 1. The number of carbonyl (C=O) groups is 3. The van der Waals surface area contributed by atoms with E-state index in [2.05, 4.69) is 10.6 Å². The number of ether oxygens (including phenoxy) is 2. The zero-order valence-electron chi connectivity index (χ0n) is 18.8. The molecule has 3 rings (SSSR count). The van der Waals surface area contributed by atoms with Gasteiger partial charge in [-0.25, -0.2) is 4.79 Å². The van der Waals surface area contributed by atoms with Crippen LogP contribution in [0.15, 0.2) is 48.5 Å². The fourth-order valence-electron chi connectivity index (χ4n) is 3.61. The summed E-state index contributed by atoms with van der Waals surface area (Å²) < 4.78 is 11.1. The van der Waals surface area contributed by atoms with Gasteiger partial charge in [-0.3, -0.25) is 14.5 Å². The number of hydrogen-bond acceptors (Lipinski definition) is 5. The molecule has 2 unspecified atom stereocenters. The van der Waals surface area contributed by atoms with E-state index in [0.717, 1.165) is 16.9 Å². The summed E-state index contributed by atoms with van der Waals surface area (Å²) in [6.07, 6.45) is 0.878. The number of urea groups is 1. The molecular formula is C24H29N3O5. The Morgan fingerprint density at radius 3 is 2.53 bits per heavy atom. The third-order valence-corrected chi connectivity index (χ3v) is 5.45. The molecule has 0 saturated carbocycles. The SMILES string of the molecule is CCCOc1ccc(C(C)NC(=O)CN2C(=O)NC(C)(c3ccccc3)C2=O)cc1OC. The maximum Gasteiger partial charge on any atom is 0.325 e. The largest absolute Gasteiger partial charge is 0.493 e. The van der Waals surface area contributed by atoms with Crippen LogP contribution in [0.4, 0.5) is 4.79 Å². The highest BCUT2D eigenvalue weighted by Crippen LogP contribution is 2.31. The lowest BCUT2D eigenvalue weighted by Crippen LogP contribution is -2.43. The van der Waals surface area contributed by atoms with Crippen molar-refractivity contribution in [2.45, 2.75) is 38.8 Å². The molecule has 1 aliphatic heterocycles. The van der Waals surface area contributed by atoms with Crippen LogP contribution >= 0.6 is 0 Å². The topological polar surface area (TPSA) is 97.0 Å². The number of nitrogens with zero attached hydrogens (tertiary/aromatic N) is 1. The molecule has 2 atom stereocenters. The standard InChI is InChI=1S/C24H29N3O5/c1-5-13-32-19-12-11-17(14-20(19)31-4)16(2)25-21(28)15-27-22(29)24(3,26-23(27)30)18-9-7-6-8-10-18/h6-12,14,16H,5,13,15H2,1-4H3,(H,25,28)(H,26,30). The summed E-state index contributed by atoms with van der Waals surface area (Å²) in [7, 11) is 1.56. The Bertz CT molecular complexity index is 994. The van der Waals surface area contributed by atoms with E-state index in [1.165, 1.54) is 0 Å². The van der Waals surface area contributed by atoms with Crippen LogP contribution in [0.2, 0.25) is 0 Å². The lowest BCUT2D eigenvalue weighted by Gasteiger charge is -2.22. The lowest BCUT2D eigenvalue weighted by molar-refractivity contribution is -0.135. The third kappa shape index (κ3) is 4.69. The van der Waals surface area contributed by atoms with E-state index < -0.39 is 23.4 Å². The predicted octanol–water partition coefficient (Wildman–Crippen LogP) is 3.13. The molecule has 8 heteroatoms. The number of rotatable bonds is 9. The van der Waals surface area contributed by atoms with Crippen molar-refractivity contribution in [1.82, 2.24) is 15.5 Å². The smallest absolute Gasteiger partial charge is 0.325 e. The Kier molecular flexibility index (Phi) is 7.02. The lowest BCUT2D eigenvalue weighted by atomic mass is 9.92. The third-order valence-electron chi connectivity index (χ3n) is 5.45. The van der Waals surface area contributed by atoms with Gasteiger partial charge in [-0.1, -0.05) is 43.3 Å². The van der Waals surface area contributed by atoms with Gasteiger partial charge in [0.2, 0.25) is 5.91 Å². The van der Waals surface area contributed by atoms with E-state index >= 15 is 0 Å². The van der Waals surface area contributed by atoms with E-state index in [4.69, 9.17) is 9.47 Å². The Morgan fingerprint density at radius 1 is 1.16 bits per heavy atom. The van der Waals surface area contributed by atoms with Crippen LogP contribution < -0.4 is 20.1 Å². The molecule has 170 valence electrons. The van der Waals surface area contributed by atoms with Gasteiger partial charge in [-0.05, 0) is 43.5 Å². The number of carbonyl (C=O) groups excluding carboxylic acids is 3. The molecule has 0 radical (unpaired) electrons. The van der Waals surface area contributed by atoms with Crippen LogP contribution in [0.1, 0.15) is 44.4 Å². The minimum Gasteiger partial charge on any atom is -0.493 e. The quantitative estimate of drug-likeness (QED) is 0.585.